The van der Waals surface area contributed by atoms with Crippen molar-refractivity contribution >= 4 is 5.91 Å². The Labute approximate surface area is 120 Å². The zero-order chi connectivity index (χ0) is 15.1. The van der Waals surface area contributed by atoms with Gasteiger partial charge in [-0.25, -0.2) is 0 Å². The summed E-state index contributed by atoms with van der Waals surface area (Å²) < 4.78 is 16.2. The van der Waals surface area contributed by atoms with Gasteiger partial charge in [-0.1, -0.05) is 13.8 Å². The van der Waals surface area contributed by atoms with Gasteiger partial charge in [0, 0.05) is 24.2 Å². The van der Waals surface area contributed by atoms with Crippen LogP contribution in [0.3, 0.4) is 0 Å². The smallest absolute Gasteiger partial charge is 0.257 e. The zero-order valence-electron chi connectivity index (χ0n) is 12.8. The van der Waals surface area contributed by atoms with Gasteiger partial charge >= 0.3 is 0 Å². The van der Waals surface area contributed by atoms with Crippen molar-refractivity contribution in [1.82, 2.24) is 5.32 Å². The Hall–Kier alpha value is -1.91. The average molecular weight is 281 g/mol. The van der Waals surface area contributed by atoms with Crippen LogP contribution in [0, 0.1) is 0 Å². The normalized spacial score (nSPS) is 10.3. The minimum absolute atomic E-state index is 0.0266. The summed E-state index contributed by atoms with van der Waals surface area (Å²) in [6, 6.07) is 3.55. The molecule has 0 heterocycles. The van der Waals surface area contributed by atoms with Crippen molar-refractivity contribution in [2.24, 2.45) is 0 Å². The van der Waals surface area contributed by atoms with Gasteiger partial charge in [0.2, 0.25) is 0 Å². The van der Waals surface area contributed by atoms with E-state index in [9.17, 15) is 4.79 Å². The summed E-state index contributed by atoms with van der Waals surface area (Å²) in [6.45, 7) is 6.55. The maximum Gasteiger partial charge on any atom is 0.257 e. The van der Waals surface area contributed by atoms with Crippen molar-refractivity contribution < 1.29 is 19.0 Å². The third-order valence-corrected chi connectivity index (χ3v) is 2.84. The lowest BCUT2D eigenvalue weighted by molar-refractivity contribution is -0.122. The average Bonchev–Trinajstić information content (AvgIpc) is 2.43. The molecule has 1 amide bonds. The molecule has 5 nitrogen and oxygen atoms in total. The third-order valence-electron chi connectivity index (χ3n) is 2.84. The number of hydrogen-bond donors (Lipinski definition) is 1. The predicted molar refractivity (Wildman–Crippen MR) is 77.8 cm³/mol. The number of benzene rings is 1. The van der Waals surface area contributed by atoms with E-state index in [1.54, 1.807) is 26.4 Å². The molecule has 5 heteroatoms. The number of methoxy groups -OCH3 is 2. The quantitative estimate of drug-likeness (QED) is 0.833. The van der Waals surface area contributed by atoms with E-state index < -0.39 is 0 Å². The molecule has 112 valence electrons. The second-order valence-corrected chi connectivity index (χ2v) is 4.64. The van der Waals surface area contributed by atoms with Crippen LogP contribution in [0.4, 0.5) is 0 Å². The van der Waals surface area contributed by atoms with Gasteiger partial charge in [-0.3, -0.25) is 4.79 Å². The van der Waals surface area contributed by atoms with Crippen LogP contribution in [-0.2, 0) is 4.79 Å². The molecule has 20 heavy (non-hydrogen) atoms. The van der Waals surface area contributed by atoms with E-state index in [1.807, 2.05) is 6.92 Å². The van der Waals surface area contributed by atoms with Crippen LogP contribution in [-0.4, -0.2) is 33.3 Å². The fourth-order valence-corrected chi connectivity index (χ4v) is 1.96. The van der Waals surface area contributed by atoms with Gasteiger partial charge in [-0.2, -0.15) is 0 Å². The molecule has 0 saturated heterocycles. The van der Waals surface area contributed by atoms with E-state index in [2.05, 4.69) is 19.2 Å². The van der Waals surface area contributed by atoms with Gasteiger partial charge in [0.25, 0.3) is 5.91 Å². The minimum Gasteiger partial charge on any atom is -0.496 e. The van der Waals surface area contributed by atoms with Crippen molar-refractivity contribution in [3.05, 3.63) is 17.7 Å². The lowest BCUT2D eigenvalue weighted by Crippen LogP contribution is -2.28. The lowest BCUT2D eigenvalue weighted by Gasteiger charge is -2.18. The Kier molecular flexibility index (Phi) is 6.15. The van der Waals surface area contributed by atoms with Crippen LogP contribution in [0.15, 0.2) is 12.1 Å². The molecule has 0 fully saturated rings. The van der Waals surface area contributed by atoms with Crippen molar-refractivity contribution in [1.29, 1.82) is 0 Å². The van der Waals surface area contributed by atoms with E-state index in [-0.39, 0.29) is 18.4 Å². The van der Waals surface area contributed by atoms with Crippen LogP contribution in [0.25, 0.3) is 0 Å². The summed E-state index contributed by atoms with van der Waals surface area (Å²) in [5.74, 6) is 2.06. The molecule has 1 aromatic carbocycles. The Morgan fingerprint density at radius 2 is 1.75 bits per heavy atom. The van der Waals surface area contributed by atoms with Crippen LogP contribution in [0.5, 0.6) is 17.2 Å². The molecule has 1 aromatic rings. The molecule has 0 aliphatic rings. The number of likely N-dealkylation sites (N-methyl/N-ethyl adjacent to an activating group) is 1. The monoisotopic (exact) mass is 281 g/mol. The fourth-order valence-electron chi connectivity index (χ4n) is 1.96. The van der Waals surface area contributed by atoms with Crippen LogP contribution in [0.1, 0.15) is 32.3 Å². The summed E-state index contributed by atoms with van der Waals surface area (Å²) >= 11 is 0. The van der Waals surface area contributed by atoms with Crippen LogP contribution in [0.2, 0.25) is 0 Å². The molecule has 0 spiro atoms. The van der Waals surface area contributed by atoms with Crippen molar-refractivity contribution in [3.63, 3.8) is 0 Å². The van der Waals surface area contributed by atoms with Crippen molar-refractivity contribution in [2.75, 3.05) is 27.4 Å². The number of carbonyl (C=O) groups is 1. The second-order valence-electron chi connectivity index (χ2n) is 4.64. The first kappa shape index (κ1) is 16.1. The van der Waals surface area contributed by atoms with Gasteiger partial charge in [-0.15, -0.1) is 0 Å². The maximum atomic E-state index is 11.4. The molecule has 0 bridgehead atoms. The minimum atomic E-state index is -0.154. The van der Waals surface area contributed by atoms with E-state index in [1.165, 1.54) is 0 Å². The molecule has 1 N–H and O–H groups in total. The molecule has 0 radical (unpaired) electrons. The highest BCUT2D eigenvalue weighted by molar-refractivity contribution is 5.77. The first-order valence-corrected chi connectivity index (χ1v) is 6.68. The zero-order valence-corrected chi connectivity index (χ0v) is 12.8. The van der Waals surface area contributed by atoms with Gasteiger partial charge in [0.1, 0.15) is 17.2 Å². The Bertz CT molecular complexity index is 432. The summed E-state index contributed by atoms with van der Waals surface area (Å²) in [7, 11) is 3.21. The van der Waals surface area contributed by atoms with Gasteiger partial charge in [0.15, 0.2) is 6.61 Å². The van der Waals surface area contributed by atoms with E-state index in [4.69, 9.17) is 14.2 Å². The number of amides is 1. The van der Waals surface area contributed by atoms with Crippen LogP contribution < -0.4 is 19.5 Å². The molecule has 0 aliphatic carbocycles. The number of rotatable bonds is 7. The molecule has 1 rings (SSSR count). The molecule has 0 unspecified atom stereocenters. The van der Waals surface area contributed by atoms with E-state index >= 15 is 0 Å². The summed E-state index contributed by atoms with van der Waals surface area (Å²) in [5.41, 5.74) is 0.986. The number of carbonyl (C=O) groups excluding carboxylic acids is 1. The molecular formula is C15H23NO4. The van der Waals surface area contributed by atoms with Crippen molar-refractivity contribution in [2.45, 2.75) is 26.7 Å². The number of nitrogens with one attached hydrogen (secondary N) is 1. The molecule has 0 aliphatic heterocycles. The van der Waals surface area contributed by atoms with Crippen LogP contribution >= 0.6 is 0 Å². The Morgan fingerprint density at radius 3 is 2.15 bits per heavy atom. The summed E-state index contributed by atoms with van der Waals surface area (Å²) in [4.78, 5) is 11.4. The Balaban J connectivity index is 2.96. The highest BCUT2D eigenvalue weighted by Crippen LogP contribution is 2.38. The largest absolute Gasteiger partial charge is 0.496 e. The van der Waals surface area contributed by atoms with E-state index in [0.717, 1.165) is 5.56 Å². The second kappa shape index (κ2) is 7.62. The maximum absolute atomic E-state index is 11.4. The highest BCUT2D eigenvalue weighted by Gasteiger charge is 2.16. The predicted octanol–water partition coefficient (Wildman–Crippen LogP) is 2.34. The van der Waals surface area contributed by atoms with E-state index in [0.29, 0.717) is 23.8 Å². The van der Waals surface area contributed by atoms with Crippen molar-refractivity contribution in [3.8, 4) is 17.2 Å². The topological polar surface area (TPSA) is 56.8 Å². The fraction of sp³-hybridized carbons (Fsp3) is 0.533. The lowest BCUT2D eigenvalue weighted by atomic mass is 10.0. The third kappa shape index (κ3) is 4.05. The highest BCUT2D eigenvalue weighted by atomic mass is 16.5. The first-order valence-electron chi connectivity index (χ1n) is 6.68. The van der Waals surface area contributed by atoms with Gasteiger partial charge in [-0.05, 0) is 12.8 Å². The summed E-state index contributed by atoms with van der Waals surface area (Å²) in [6.07, 6.45) is 0. The SMILES string of the molecule is CCNC(=O)COc1cc(OC)c(C(C)C)c(OC)c1. The summed E-state index contributed by atoms with van der Waals surface area (Å²) in [5, 5.41) is 2.68. The molecular weight excluding hydrogens is 258 g/mol. The first-order chi connectivity index (χ1) is 9.53. The number of hydrogen-bond acceptors (Lipinski definition) is 4. The standard InChI is InChI=1S/C15H23NO4/c1-6-16-14(17)9-20-11-7-12(18-4)15(10(2)3)13(8-11)19-5/h7-8,10H,6,9H2,1-5H3,(H,16,17). The van der Waals surface area contributed by atoms with Gasteiger partial charge < -0.3 is 19.5 Å². The molecule has 0 aromatic heterocycles. The Morgan fingerprint density at radius 1 is 1.20 bits per heavy atom. The molecule has 0 saturated carbocycles. The molecule has 0 atom stereocenters. The number of ether oxygens (including phenoxy) is 3. The van der Waals surface area contributed by atoms with Gasteiger partial charge in [0.05, 0.1) is 14.2 Å².